The Morgan fingerprint density at radius 2 is 1.88 bits per heavy atom. The molecular weight excluding hydrogens is 334 g/mol. The topological polar surface area (TPSA) is 73.9 Å². The average Bonchev–Trinajstić information content (AvgIpc) is 2.64. The Morgan fingerprint density at radius 1 is 1.15 bits per heavy atom. The standard InChI is InChI=1S/C20H29NO5/c1-12-7-6-8-17(13(12)2)21-19(22)14(3)26-20(23)16-10-9-15(24-4)11-18(16)25-5/h9-14,17H,6-8H2,1-5H3,(H,21,22)/t12-,13-,14-,17+/m1/s1. The zero-order chi connectivity index (χ0) is 19.3. The van der Waals surface area contributed by atoms with E-state index in [1.54, 1.807) is 25.1 Å². The summed E-state index contributed by atoms with van der Waals surface area (Å²) in [7, 11) is 3.00. The molecule has 4 atom stereocenters. The highest BCUT2D eigenvalue weighted by Crippen LogP contribution is 2.29. The number of amides is 1. The number of nitrogens with one attached hydrogen (secondary N) is 1. The van der Waals surface area contributed by atoms with Gasteiger partial charge in [-0.2, -0.15) is 0 Å². The third-order valence-electron chi connectivity index (χ3n) is 5.32. The third-order valence-corrected chi connectivity index (χ3v) is 5.32. The van der Waals surface area contributed by atoms with Crippen LogP contribution in [0.1, 0.15) is 50.4 Å². The van der Waals surface area contributed by atoms with Gasteiger partial charge in [-0.3, -0.25) is 4.79 Å². The van der Waals surface area contributed by atoms with Crippen molar-refractivity contribution in [2.75, 3.05) is 14.2 Å². The van der Waals surface area contributed by atoms with Crippen molar-refractivity contribution in [1.82, 2.24) is 5.32 Å². The van der Waals surface area contributed by atoms with Crippen LogP contribution in [0.25, 0.3) is 0 Å². The Labute approximate surface area is 155 Å². The fourth-order valence-corrected chi connectivity index (χ4v) is 3.33. The summed E-state index contributed by atoms with van der Waals surface area (Å²) in [5, 5.41) is 3.04. The van der Waals surface area contributed by atoms with Gasteiger partial charge in [-0.05, 0) is 37.3 Å². The van der Waals surface area contributed by atoms with Gasteiger partial charge in [0.1, 0.15) is 17.1 Å². The van der Waals surface area contributed by atoms with Crippen LogP contribution < -0.4 is 14.8 Å². The van der Waals surface area contributed by atoms with Crippen LogP contribution in [0, 0.1) is 11.8 Å². The molecule has 1 aromatic carbocycles. The molecule has 1 amide bonds. The molecule has 0 aliphatic heterocycles. The van der Waals surface area contributed by atoms with Gasteiger partial charge in [-0.1, -0.05) is 26.7 Å². The summed E-state index contributed by atoms with van der Waals surface area (Å²) in [5.74, 6) is 1.04. The first-order chi connectivity index (χ1) is 12.4. The van der Waals surface area contributed by atoms with Gasteiger partial charge < -0.3 is 19.5 Å². The van der Waals surface area contributed by atoms with Crippen molar-refractivity contribution in [3.8, 4) is 11.5 Å². The minimum atomic E-state index is -0.876. The second kappa shape index (κ2) is 8.92. The van der Waals surface area contributed by atoms with Crippen molar-refractivity contribution in [3.05, 3.63) is 23.8 Å². The van der Waals surface area contributed by atoms with E-state index in [2.05, 4.69) is 19.2 Å². The van der Waals surface area contributed by atoms with Crippen LogP contribution in [0.2, 0.25) is 0 Å². The second-order valence-corrected chi connectivity index (χ2v) is 7.00. The van der Waals surface area contributed by atoms with Crippen molar-refractivity contribution < 1.29 is 23.8 Å². The first-order valence-corrected chi connectivity index (χ1v) is 9.10. The van der Waals surface area contributed by atoms with E-state index >= 15 is 0 Å². The molecule has 1 saturated carbocycles. The van der Waals surface area contributed by atoms with E-state index in [9.17, 15) is 9.59 Å². The van der Waals surface area contributed by atoms with Gasteiger partial charge in [0.05, 0.1) is 14.2 Å². The number of benzene rings is 1. The Kier molecular flexibility index (Phi) is 6.89. The molecule has 1 fully saturated rings. The Bertz CT molecular complexity index is 645. The molecule has 2 rings (SSSR count). The Hall–Kier alpha value is -2.24. The molecule has 1 aliphatic carbocycles. The molecular formula is C20H29NO5. The van der Waals surface area contributed by atoms with Gasteiger partial charge in [0.25, 0.3) is 5.91 Å². The molecule has 0 saturated heterocycles. The fourth-order valence-electron chi connectivity index (χ4n) is 3.33. The molecule has 0 unspecified atom stereocenters. The van der Waals surface area contributed by atoms with Crippen LogP contribution in [-0.4, -0.2) is 38.2 Å². The fraction of sp³-hybridized carbons (Fsp3) is 0.600. The highest BCUT2D eigenvalue weighted by Gasteiger charge is 2.30. The number of ether oxygens (including phenoxy) is 3. The lowest BCUT2D eigenvalue weighted by Crippen LogP contribution is -2.47. The van der Waals surface area contributed by atoms with E-state index < -0.39 is 12.1 Å². The quantitative estimate of drug-likeness (QED) is 0.786. The van der Waals surface area contributed by atoms with Crippen LogP contribution in [0.5, 0.6) is 11.5 Å². The minimum Gasteiger partial charge on any atom is -0.497 e. The van der Waals surface area contributed by atoms with Gasteiger partial charge >= 0.3 is 5.97 Å². The van der Waals surface area contributed by atoms with Gasteiger partial charge in [0.15, 0.2) is 6.10 Å². The van der Waals surface area contributed by atoms with Crippen LogP contribution in [0.15, 0.2) is 18.2 Å². The monoisotopic (exact) mass is 363 g/mol. The lowest BCUT2D eigenvalue weighted by atomic mass is 9.78. The predicted octanol–water partition coefficient (Wildman–Crippen LogP) is 3.19. The SMILES string of the molecule is COc1ccc(C(=O)O[C@H](C)C(=O)N[C@H]2CCC[C@@H](C)[C@H]2C)c(OC)c1. The molecule has 1 aliphatic rings. The summed E-state index contributed by atoms with van der Waals surface area (Å²) in [6, 6.07) is 4.94. The molecule has 1 N–H and O–H groups in total. The van der Waals surface area contributed by atoms with Crippen LogP contribution in [0.4, 0.5) is 0 Å². The predicted molar refractivity (Wildman–Crippen MR) is 98.5 cm³/mol. The number of hydrogen-bond donors (Lipinski definition) is 1. The minimum absolute atomic E-state index is 0.128. The summed E-state index contributed by atoms with van der Waals surface area (Å²) >= 11 is 0. The van der Waals surface area contributed by atoms with Gasteiger partial charge in [-0.15, -0.1) is 0 Å². The second-order valence-electron chi connectivity index (χ2n) is 7.00. The zero-order valence-corrected chi connectivity index (χ0v) is 16.2. The molecule has 6 nitrogen and oxygen atoms in total. The smallest absolute Gasteiger partial charge is 0.342 e. The molecule has 144 valence electrons. The summed E-state index contributed by atoms with van der Waals surface area (Å²) in [4.78, 5) is 24.9. The van der Waals surface area contributed by atoms with Crippen LogP contribution in [0.3, 0.4) is 0 Å². The van der Waals surface area contributed by atoms with Crippen LogP contribution in [-0.2, 0) is 9.53 Å². The van der Waals surface area contributed by atoms with Crippen molar-refractivity contribution in [2.24, 2.45) is 11.8 Å². The van der Waals surface area contributed by atoms with E-state index in [4.69, 9.17) is 14.2 Å². The maximum Gasteiger partial charge on any atom is 0.342 e. The maximum absolute atomic E-state index is 12.4. The summed E-state index contributed by atoms with van der Waals surface area (Å²) < 4.78 is 15.7. The number of esters is 1. The van der Waals surface area contributed by atoms with Gasteiger partial charge in [0, 0.05) is 12.1 Å². The van der Waals surface area contributed by atoms with E-state index in [1.807, 2.05) is 0 Å². The number of hydrogen-bond acceptors (Lipinski definition) is 5. The summed E-state index contributed by atoms with van der Waals surface area (Å²) in [6.45, 7) is 5.95. The molecule has 0 radical (unpaired) electrons. The highest BCUT2D eigenvalue weighted by atomic mass is 16.5. The molecule has 6 heteroatoms. The van der Waals surface area contributed by atoms with Gasteiger partial charge in [-0.25, -0.2) is 4.79 Å². The number of carbonyl (C=O) groups is 2. The van der Waals surface area contributed by atoms with E-state index in [1.165, 1.54) is 20.6 Å². The maximum atomic E-state index is 12.4. The average molecular weight is 363 g/mol. The molecule has 26 heavy (non-hydrogen) atoms. The molecule has 0 heterocycles. The Morgan fingerprint density at radius 3 is 2.54 bits per heavy atom. The van der Waals surface area contributed by atoms with Crippen molar-refractivity contribution in [3.63, 3.8) is 0 Å². The largest absolute Gasteiger partial charge is 0.497 e. The first-order valence-electron chi connectivity index (χ1n) is 9.10. The van der Waals surface area contributed by atoms with Crippen molar-refractivity contribution >= 4 is 11.9 Å². The number of rotatable bonds is 6. The van der Waals surface area contributed by atoms with E-state index in [0.717, 1.165) is 12.8 Å². The van der Waals surface area contributed by atoms with Crippen molar-refractivity contribution in [1.29, 1.82) is 0 Å². The molecule has 1 aromatic rings. The lowest BCUT2D eigenvalue weighted by Gasteiger charge is -2.35. The first kappa shape index (κ1) is 20.1. The lowest BCUT2D eigenvalue weighted by molar-refractivity contribution is -0.130. The number of carbonyl (C=O) groups excluding carboxylic acids is 2. The van der Waals surface area contributed by atoms with E-state index in [0.29, 0.717) is 23.3 Å². The normalized spacial score (nSPS) is 23.7. The summed E-state index contributed by atoms with van der Waals surface area (Å²) in [5.41, 5.74) is 0.257. The number of methoxy groups -OCH3 is 2. The van der Waals surface area contributed by atoms with Gasteiger partial charge in [0.2, 0.25) is 0 Å². The van der Waals surface area contributed by atoms with E-state index in [-0.39, 0.29) is 17.5 Å². The van der Waals surface area contributed by atoms with Crippen LogP contribution >= 0.6 is 0 Å². The molecule has 0 spiro atoms. The molecule has 0 bridgehead atoms. The Balaban J connectivity index is 1.99. The molecule has 0 aromatic heterocycles. The third kappa shape index (κ3) is 4.68. The van der Waals surface area contributed by atoms with Crippen molar-refractivity contribution in [2.45, 2.75) is 52.2 Å². The summed E-state index contributed by atoms with van der Waals surface area (Å²) in [6.07, 6.45) is 2.38. The highest BCUT2D eigenvalue weighted by molar-refractivity contribution is 5.95. The zero-order valence-electron chi connectivity index (χ0n) is 16.2.